The van der Waals surface area contributed by atoms with Gasteiger partial charge in [-0.15, -0.1) is 11.3 Å². The maximum atomic E-state index is 11.9. The average molecular weight is 327 g/mol. The molecule has 0 amide bonds. The van der Waals surface area contributed by atoms with Crippen molar-refractivity contribution in [1.82, 2.24) is 9.97 Å². The standard InChI is InChI=1S/C13H15BrN2OS/c1-7(2)6-9-10(14)13(17)16-12(15-9)11-8(3)4-5-18-11/h4-5,7H,6H2,1-3H3,(H,15,16,17). The van der Waals surface area contributed by atoms with Crippen LogP contribution in [0, 0.1) is 12.8 Å². The topological polar surface area (TPSA) is 45.8 Å². The van der Waals surface area contributed by atoms with E-state index >= 15 is 0 Å². The summed E-state index contributed by atoms with van der Waals surface area (Å²) in [6.45, 7) is 6.26. The summed E-state index contributed by atoms with van der Waals surface area (Å²) >= 11 is 4.92. The fourth-order valence-corrected chi connectivity index (χ4v) is 2.97. The molecular weight excluding hydrogens is 312 g/mol. The summed E-state index contributed by atoms with van der Waals surface area (Å²) in [5.74, 6) is 1.14. The van der Waals surface area contributed by atoms with Crippen molar-refractivity contribution in [3.63, 3.8) is 0 Å². The first-order valence-electron chi connectivity index (χ1n) is 5.82. The predicted octanol–water partition coefficient (Wildman–Crippen LogP) is 3.77. The summed E-state index contributed by atoms with van der Waals surface area (Å²) < 4.78 is 0.550. The van der Waals surface area contributed by atoms with Gasteiger partial charge in [0.05, 0.1) is 10.6 Å². The van der Waals surface area contributed by atoms with Gasteiger partial charge in [0.15, 0.2) is 5.82 Å². The lowest BCUT2D eigenvalue weighted by molar-refractivity contribution is 0.631. The number of thiophene rings is 1. The van der Waals surface area contributed by atoms with Crippen molar-refractivity contribution in [2.45, 2.75) is 27.2 Å². The molecule has 2 aromatic rings. The molecule has 0 saturated heterocycles. The number of hydrogen-bond acceptors (Lipinski definition) is 3. The molecule has 1 N–H and O–H groups in total. The van der Waals surface area contributed by atoms with E-state index in [2.05, 4.69) is 39.7 Å². The molecule has 3 nitrogen and oxygen atoms in total. The number of hydrogen-bond donors (Lipinski definition) is 1. The lowest BCUT2D eigenvalue weighted by atomic mass is 10.1. The number of halogens is 1. The van der Waals surface area contributed by atoms with Crippen molar-refractivity contribution in [2.75, 3.05) is 0 Å². The first-order valence-corrected chi connectivity index (χ1v) is 7.49. The first-order chi connectivity index (χ1) is 8.49. The van der Waals surface area contributed by atoms with E-state index in [9.17, 15) is 4.79 Å². The number of nitrogens with zero attached hydrogens (tertiary/aromatic N) is 1. The smallest absolute Gasteiger partial charge is 0.265 e. The van der Waals surface area contributed by atoms with Crippen molar-refractivity contribution >= 4 is 27.3 Å². The van der Waals surface area contributed by atoms with Gasteiger partial charge < -0.3 is 4.98 Å². The van der Waals surface area contributed by atoms with E-state index in [4.69, 9.17) is 0 Å². The lowest BCUT2D eigenvalue weighted by Gasteiger charge is -2.08. The van der Waals surface area contributed by atoms with Gasteiger partial charge >= 0.3 is 0 Å². The van der Waals surface area contributed by atoms with Crippen LogP contribution in [0.25, 0.3) is 10.7 Å². The second kappa shape index (κ2) is 5.36. The molecule has 2 heterocycles. The molecule has 18 heavy (non-hydrogen) atoms. The fourth-order valence-electron chi connectivity index (χ4n) is 1.75. The summed E-state index contributed by atoms with van der Waals surface area (Å²) in [6, 6.07) is 2.03. The second-order valence-corrected chi connectivity index (χ2v) is 6.42. The largest absolute Gasteiger partial charge is 0.305 e. The predicted molar refractivity (Wildman–Crippen MR) is 79.1 cm³/mol. The van der Waals surface area contributed by atoms with Crippen LogP contribution in [-0.2, 0) is 6.42 Å². The number of H-pyrrole nitrogens is 1. The van der Waals surface area contributed by atoms with Crippen molar-refractivity contribution in [3.8, 4) is 10.7 Å². The summed E-state index contributed by atoms with van der Waals surface area (Å²) in [4.78, 5) is 20.4. The highest BCUT2D eigenvalue weighted by Gasteiger charge is 2.13. The molecule has 0 radical (unpaired) electrons. The van der Waals surface area contributed by atoms with Gasteiger partial charge in [-0.3, -0.25) is 4.79 Å². The zero-order chi connectivity index (χ0) is 13.3. The Morgan fingerprint density at radius 2 is 2.22 bits per heavy atom. The summed E-state index contributed by atoms with van der Waals surface area (Å²) in [6.07, 6.45) is 0.794. The molecule has 0 fully saturated rings. The van der Waals surface area contributed by atoms with Gasteiger partial charge in [-0.05, 0) is 52.2 Å². The summed E-state index contributed by atoms with van der Waals surface area (Å²) in [7, 11) is 0. The Labute approximate surface area is 118 Å². The SMILES string of the molecule is Cc1ccsc1-c1nc(CC(C)C)c(Br)c(=O)[nH]1. The Morgan fingerprint density at radius 1 is 1.50 bits per heavy atom. The summed E-state index contributed by atoms with van der Waals surface area (Å²) in [5, 5.41) is 2.01. The molecule has 0 bridgehead atoms. The normalized spacial score (nSPS) is 11.2. The van der Waals surface area contributed by atoms with Crippen LogP contribution in [0.1, 0.15) is 25.1 Å². The van der Waals surface area contributed by atoms with Gasteiger partial charge in [0.25, 0.3) is 5.56 Å². The van der Waals surface area contributed by atoms with E-state index in [0.717, 1.165) is 22.6 Å². The van der Waals surface area contributed by atoms with Gasteiger partial charge in [0.2, 0.25) is 0 Å². The minimum Gasteiger partial charge on any atom is -0.305 e. The van der Waals surface area contributed by atoms with E-state index in [-0.39, 0.29) is 5.56 Å². The molecule has 0 aromatic carbocycles. The van der Waals surface area contributed by atoms with E-state index in [1.165, 1.54) is 0 Å². The third kappa shape index (κ3) is 2.72. The van der Waals surface area contributed by atoms with Crippen LogP contribution in [0.5, 0.6) is 0 Å². The van der Waals surface area contributed by atoms with E-state index in [0.29, 0.717) is 16.2 Å². The van der Waals surface area contributed by atoms with Gasteiger partial charge in [0.1, 0.15) is 4.47 Å². The number of rotatable bonds is 3. The Morgan fingerprint density at radius 3 is 2.78 bits per heavy atom. The monoisotopic (exact) mass is 326 g/mol. The van der Waals surface area contributed by atoms with Crippen LogP contribution < -0.4 is 5.56 Å². The van der Waals surface area contributed by atoms with Gasteiger partial charge in [-0.25, -0.2) is 4.98 Å². The van der Waals surface area contributed by atoms with Crippen LogP contribution >= 0.6 is 27.3 Å². The third-order valence-corrected chi connectivity index (χ3v) is 4.45. The molecule has 2 rings (SSSR count). The second-order valence-electron chi connectivity index (χ2n) is 4.71. The van der Waals surface area contributed by atoms with Crippen molar-refractivity contribution in [1.29, 1.82) is 0 Å². The molecule has 0 aliphatic rings. The van der Waals surface area contributed by atoms with Crippen LogP contribution in [-0.4, -0.2) is 9.97 Å². The molecule has 0 unspecified atom stereocenters. The quantitative estimate of drug-likeness (QED) is 0.933. The molecular formula is C13H15BrN2OS. The van der Waals surface area contributed by atoms with E-state index < -0.39 is 0 Å². The lowest BCUT2D eigenvalue weighted by Crippen LogP contribution is -2.14. The highest BCUT2D eigenvalue weighted by Crippen LogP contribution is 2.26. The highest BCUT2D eigenvalue weighted by molar-refractivity contribution is 9.10. The van der Waals surface area contributed by atoms with Crippen LogP contribution in [0.15, 0.2) is 20.7 Å². The average Bonchev–Trinajstić information content (AvgIpc) is 2.70. The number of aryl methyl sites for hydroxylation is 1. The molecule has 2 aromatic heterocycles. The fraction of sp³-hybridized carbons (Fsp3) is 0.385. The minimum absolute atomic E-state index is 0.108. The van der Waals surface area contributed by atoms with Gasteiger partial charge in [-0.2, -0.15) is 0 Å². The van der Waals surface area contributed by atoms with E-state index in [1.807, 2.05) is 18.4 Å². The molecule has 96 valence electrons. The van der Waals surface area contributed by atoms with Crippen LogP contribution in [0.2, 0.25) is 0 Å². The van der Waals surface area contributed by atoms with Crippen molar-refractivity contribution in [3.05, 3.63) is 37.5 Å². The Bertz CT molecular complexity index is 616. The first kappa shape index (κ1) is 13.5. The van der Waals surface area contributed by atoms with E-state index in [1.54, 1.807) is 11.3 Å². The molecule has 0 aliphatic heterocycles. The molecule has 0 atom stereocenters. The van der Waals surface area contributed by atoms with Gasteiger partial charge in [0, 0.05) is 0 Å². The number of nitrogens with one attached hydrogen (secondary N) is 1. The minimum atomic E-state index is -0.108. The number of aromatic nitrogens is 2. The maximum Gasteiger partial charge on any atom is 0.265 e. The van der Waals surface area contributed by atoms with Crippen molar-refractivity contribution in [2.24, 2.45) is 5.92 Å². The van der Waals surface area contributed by atoms with Gasteiger partial charge in [-0.1, -0.05) is 13.8 Å². The highest BCUT2D eigenvalue weighted by atomic mass is 79.9. The molecule has 0 spiro atoms. The van der Waals surface area contributed by atoms with Crippen molar-refractivity contribution < 1.29 is 0 Å². The Balaban J connectivity index is 2.54. The summed E-state index contributed by atoms with van der Waals surface area (Å²) in [5.41, 5.74) is 1.86. The zero-order valence-corrected chi connectivity index (χ0v) is 13.0. The maximum absolute atomic E-state index is 11.9. The molecule has 0 aliphatic carbocycles. The number of aromatic amines is 1. The molecule has 0 saturated carbocycles. The van der Waals surface area contributed by atoms with Crippen LogP contribution in [0.4, 0.5) is 0 Å². The molecule has 5 heteroatoms. The third-order valence-electron chi connectivity index (χ3n) is 2.61. The Kier molecular flexibility index (Phi) is 4.02. The van der Waals surface area contributed by atoms with Crippen LogP contribution in [0.3, 0.4) is 0 Å². The zero-order valence-electron chi connectivity index (χ0n) is 10.6. The Hall–Kier alpha value is -0.940.